The van der Waals surface area contributed by atoms with Crippen molar-refractivity contribution in [1.82, 2.24) is 5.43 Å². The number of amides is 1. The number of nitrogens with one attached hydrogen (secondary N) is 1. The highest BCUT2D eigenvalue weighted by molar-refractivity contribution is 7.99. The summed E-state index contributed by atoms with van der Waals surface area (Å²) in [4.78, 5) is 11.6. The molecule has 0 heterocycles. The summed E-state index contributed by atoms with van der Waals surface area (Å²) in [5.74, 6) is 1.24. The molecule has 22 heavy (non-hydrogen) atoms. The van der Waals surface area contributed by atoms with E-state index in [1.165, 1.54) is 11.8 Å². The van der Waals surface area contributed by atoms with E-state index in [9.17, 15) is 9.90 Å². The van der Waals surface area contributed by atoms with E-state index < -0.39 is 0 Å². The SMILES string of the molecule is O=C(CSCCc1ccccc1)N/N=C\c1ccccc1O. The zero-order valence-corrected chi connectivity index (χ0v) is 12.9. The number of carbonyl (C=O) groups is 1. The zero-order valence-electron chi connectivity index (χ0n) is 12.1. The summed E-state index contributed by atoms with van der Waals surface area (Å²) < 4.78 is 0. The van der Waals surface area contributed by atoms with Gasteiger partial charge in [-0.1, -0.05) is 42.5 Å². The number of hydrazone groups is 1. The number of carbonyl (C=O) groups excluding carboxylic acids is 1. The largest absolute Gasteiger partial charge is 0.507 e. The van der Waals surface area contributed by atoms with Gasteiger partial charge in [0, 0.05) is 5.56 Å². The molecule has 5 heteroatoms. The van der Waals surface area contributed by atoms with E-state index in [1.807, 2.05) is 18.2 Å². The fraction of sp³-hybridized carbons (Fsp3) is 0.176. The number of hydrogen-bond acceptors (Lipinski definition) is 4. The highest BCUT2D eigenvalue weighted by atomic mass is 32.2. The molecular formula is C17H18N2O2S. The summed E-state index contributed by atoms with van der Waals surface area (Å²) in [5, 5.41) is 13.4. The number of para-hydroxylation sites is 1. The van der Waals surface area contributed by atoms with Gasteiger partial charge in [0.1, 0.15) is 5.75 Å². The lowest BCUT2D eigenvalue weighted by Gasteiger charge is -2.02. The van der Waals surface area contributed by atoms with Crippen LogP contribution in [0.15, 0.2) is 59.7 Å². The second-order valence-corrected chi connectivity index (χ2v) is 5.75. The van der Waals surface area contributed by atoms with Crippen molar-refractivity contribution in [3.63, 3.8) is 0 Å². The maximum atomic E-state index is 11.6. The molecule has 2 aromatic rings. The zero-order chi connectivity index (χ0) is 15.6. The highest BCUT2D eigenvalue weighted by Crippen LogP contribution is 2.12. The molecule has 0 fully saturated rings. The second kappa shape index (κ2) is 8.89. The Bertz CT molecular complexity index is 630. The molecule has 0 saturated carbocycles. The van der Waals surface area contributed by atoms with Crippen molar-refractivity contribution < 1.29 is 9.90 Å². The monoisotopic (exact) mass is 314 g/mol. The number of nitrogens with zero attached hydrogens (tertiary/aromatic N) is 1. The van der Waals surface area contributed by atoms with Crippen molar-refractivity contribution in [3.8, 4) is 5.75 Å². The van der Waals surface area contributed by atoms with Crippen molar-refractivity contribution in [2.24, 2.45) is 5.10 Å². The fourth-order valence-electron chi connectivity index (χ4n) is 1.80. The Hall–Kier alpha value is -2.27. The Morgan fingerprint density at radius 1 is 1.14 bits per heavy atom. The molecule has 1 amide bonds. The summed E-state index contributed by atoms with van der Waals surface area (Å²) in [6, 6.07) is 17.0. The molecule has 2 aromatic carbocycles. The second-order valence-electron chi connectivity index (χ2n) is 4.64. The topological polar surface area (TPSA) is 61.7 Å². The Morgan fingerprint density at radius 2 is 1.86 bits per heavy atom. The van der Waals surface area contributed by atoms with Gasteiger partial charge in [0.05, 0.1) is 12.0 Å². The van der Waals surface area contributed by atoms with Gasteiger partial charge in [-0.15, -0.1) is 0 Å². The molecule has 4 nitrogen and oxygen atoms in total. The average Bonchev–Trinajstić information content (AvgIpc) is 2.54. The molecule has 0 saturated heterocycles. The molecule has 0 aliphatic rings. The number of benzene rings is 2. The maximum absolute atomic E-state index is 11.6. The van der Waals surface area contributed by atoms with Crippen molar-refractivity contribution in [1.29, 1.82) is 0 Å². The van der Waals surface area contributed by atoms with E-state index in [4.69, 9.17) is 0 Å². The molecule has 2 N–H and O–H groups in total. The molecule has 2 rings (SSSR count). The Balaban J connectivity index is 1.65. The van der Waals surface area contributed by atoms with Crippen LogP contribution in [0.2, 0.25) is 0 Å². The summed E-state index contributed by atoms with van der Waals surface area (Å²) >= 11 is 1.57. The van der Waals surface area contributed by atoms with Gasteiger partial charge in [-0.05, 0) is 29.9 Å². The number of aryl methyl sites for hydroxylation is 1. The predicted octanol–water partition coefficient (Wildman–Crippen LogP) is 2.82. The first kappa shape index (κ1) is 16.1. The molecule has 0 aromatic heterocycles. The Kier molecular flexibility index (Phi) is 6.51. The number of phenols is 1. The number of hydrogen-bond donors (Lipinski definition) is 2. The van der Waals surface area contributed by atoms with Gasteiger partial charge in [-0.3, -0.25) is 4.79 Å². The van der Waals surface area contributed by atoms with Crippen molar-refractivity contribution in [2.45, 2.75) is 6.42 Å². The molecule has 0 spiro atoms. The van der Waals surface area contributed by atoms with Crippen LogP contribution in [-0.4, -0.2) is 28.7 Å². The quantitative estimate of drug-likeness (QED) is 0.469. The van der Waals surface area contributed by atoms with E-state index in [-0.39, 0.29) is 11.7 Å². The van der Waals surface area contributed by atoms with E-state index in [2.05, 4.69) is 22.7 Å². The van der Waals surface area contributed by atoms with Gasteiger partial charge in [-0.25, -0.2) is 5.43 Å². The fourth-order valence-corrected chi connectivity index (χ4v) is 2.58. The minimum atomic E-state index is -0.148. The van der Waals surface area contributed by atoms with Gasteiger partial charge >= 0.3 is 0 Å². The van der Waals surface area contributed by atoms with Crippen LogP contribution in [0.1, 0.15) is 11.1 Å². The van der Waals surface area contributed by atoms with Crippen molar-refractivity contribution >= 4 is 23.9 Å². The lowest BCUT2D eigenvalue weighted by molar-refractivity contribution is -0.118. The van der Waals surface area contributed by atoms with Crippen LogP contribution in [0.3, 0.4) is 0 Å². The number of rotatable bonds is 7. The van der Waals surface area contributed by atoms with Crippen LogP contribution >= 0.6 is 11.8 Å². The van der Waals surface area contributed by atoms with Gasteiger partial charge in [0.2, 0.25) is 5.91 Å². The maximum Gasteiger partial charge on any atom is 0.250 e. The predicted molar refractivity (Wildman–Crippen MR) is 91.3 cm³/mol. The van der Waals surface area contributed by atoms with Crippen LogP contribution in [0.25, 0.3) is 0 Å². The van der Waals surface area contributed by atoms with Crippen molar-refractivity contribution in [3.05, 3.63) is 65.7 Å². The van der Waals surface area contributed by atoms with E-state index >= 15 is 0 Å². The summed E-state index contributed by atoms with van der Waals surface area (Å²) in [6.07, 6.45) is 2.38. The van der Waals surface area contributed by atoms with Crippen LogP contribution in [-0.2, 0) is 11.2 Å². The lowest BCUT2D eigenvalue weighted by atomic mass is 10.2. The number of aromatic hydroxyl groups is 1. The van der Waals surface area contributed by atoms with Gasteiger partial charge < -0.3 is 5.11 Å². The summed E-state index contributed by atoms with van der Waals surface area (Å²) in [6.45, 7) is 0. The summed E-state index contributed by atoms with van der Waals surface area (Å²) in [7, 11) is 0. The molecule has 0 aliphatic heterocycles. The van der Waals surface area contributed by atoms with E-state index in [0.717, 1.165) is 12.2 Å². The normalized spacial score (nSPS) is 10.7. The standard InChI is InChI=1S/C17H18N2O2S/c20-16-9-5-4-8-15(16)12-18-19-17(21)13-22-11-10-14-6-2-1-3-7-14/h1-9,12,20H,10-11,13H2,(H,19,21)/b18-12-. The Labute approximate surface area is 134 Å². The molecule has 0 bridgehead atoms. The highest BCUT2D eigenvalue weighted by Gasteiger charge is 2.00. The van der Waals surface area contributed by atoms with Crippen LogP contribution in [0.5, 0.6) is 5.75 Å². The molecular weight excluding hydrogens is 296 g/mol. The van der Waals surface area contributed by atoms with Crippen LogP contribution < -0.4 is 5.43 Å². The third-order valence-corrected chi connectivity index (χ3v) is 3.90. The van der Waals surface area contributed by atoms with Crippen LogP contribution in [0, 0.1) is 0 Å². The summed E-state index contributed by atoms with van der Waals surface area (Å²) in [5.41, 5.74) is 4.30. The third kappa shape index (κ3) is 5.61. The first-order chi connectivity index (χ1) is 10.8. The van der Waals surface area contributed by atoms with E-state index in [1.54, 1.807) is 36.0 Å². The third-order valence-electron chi connectivity index (χ3n) is 2.94. The number of thioether (sulfide) groups is 1. The van der Waals surface area contributed by atoms with Crippen LogP contribution in [0.4, 0.5) is 0 Å². The smallest absolute Gasteiger partial charge is 0.250 e. The van der Waals surface area contributed by atoms with Crippen molar-refractivity contribution in [2.75, 3.05) is 11.5 Å². The molecule has 0 radical (unpaired) electrons. The molecule has 114 valence electrons. The molecule has 0 aliphatic carbocycles. The first-order valence-electron chi connectivity index (χ1n) is 6.97. The van der Waals surface area contributed by atoms with Gasteiger partial charge in [0.15, 0.2) is 0 Å². The van der Waals surface area contributed by atoms with Gasteiger partial charge in [-0.2, -0.15) is 16.9 Å². The minimum absolute atomic E-state index is 0.137. The Morgan fingerprint density at radius 3 is 2.64 bits per heavy atom. The number of phenolic OH excluding ortho intramolecular Hbond substituents is 1. The molecule has 0 unspecified atom stereocenters. The van der Waals surface area contributed by atoms with E-state index in [0.29, 0.717) is 11.3 Å². The first-order valence-corrected chi connectivity index (χ1v) is 8.13. The molecule has 0 atom stereocenters. The van der Waals surface area contributed by atoms with Gasteiger partial charge in [0.25, 0.3) is 0 Å². The lowest BCUT2D eigenvalue weighted by Crippen LogP contribution is -2.20. The average molecular weight is 314 g/mol. The minimum Gasteiger partial charge on any atom is -0.507 e.